The van der Waals surface area contributed by atoms with E-state index in [1.807, 2.05) is 0 Å². The summed E-state index contributed by atoms with van der Waals surface area (Å²) in [5, 5.41) is 4.10. The van der Waals surface area contributed by atoms with Crippen molar-refractivity contribution in [2.75, 3.05) is 13.7 Å². The number of benzene rings is 1. The summed E-state index contributed by atoms with van der Waals surface area (Å²) < 4.78 is 10.8. The smallest absolute Gasteiger partial charge is 0.343 e. The molecule has 1 aromatic heterocycles. The Labute approximate surface area is 137 Å². The molecule has 0 radical (unpaired) electrons. The van der Waals surface area contributed by atoms with E-state index in [4.69, 9.17) is 15.2 Å². The second-order valence-electron chi connectivity index (χ2n) is 4.82. The van der Waals surface area contributed by atoms with Gasteiger partial charge in [0.05, 0.1) is 19.4 Å². The Kier molecular flexibility index (Phi) is 5.31. The van der Waals surface area contributed by atoms with Crippen LogP contribution in [-0.2, 0) is 16.1 Å². The van der Waals surface area contributed by atoms with Crippen molar-refractivity contribution in [2.24, 2.45) is 5.73 Å². The first-order valence-electron chi connectivity index (χ1n) is 7.18. The highest BCUT2D eigenvalue weighted by Crippen LogP contribution is 2.20. The predicted octanol–water partition coefficient (Wildman–Crippen LogP) is 0.581. The molecule has 8 heteroatoms. The quantitative estimate of drug-likeness (QED) is 0.775. The van der Waals surface area contributed by atoms with Gasteiger partial charge in [0.15, 0.2) is 0 Å². The number of amides is 1. The molecule has 24 heavy (non-hydrogen) atoms. The second-order valence-corrected chi connectivity index (χ2v) is 4.82. The molecule has 1 aromatic carbocycles. The zero-order valence-corrected chi connectivity index (χ0v) is 13.3. The van der Waals surface area contributed by atoms with Crippen molar-refractivity contribution in [3.8, 4) is 17.0 Å². The molecule has 0 spiro atoms. The number of aromatic nitrogens is 2. The Bertz CT molecular complexity index is 811. The van der Waals surface area contributed by atoms with E-state index < -0.39 is 24.0 Å². The molecule has 8 nitrogen and oxygen atoms in total. The summed E-state index contributed by atoms with van der Waals surface area (Å²) in [5.74, 6) is -0.876. The standard InChI is InChI=1S/C16H17N3O5/c1-3-24-16(22)12-8-13(10-4-6-11(23-2)7-5-10)18-19(15(12)21)9-14(17)20/h4-8H,3,9H2,1-2H3,(H2,17,20). The second kappa shape index (κ2) is 7.40. The number of primary amides is 1. The van der Waals surface area contributed by atoms with Crippen molar-refractivity contribution in [1.82, 2.24) is 9.78 Å². The highest BCUT2D eigenvalue weighted by molar-refractivity contribution is 5.90. The van der Waals surface area contributed by atoms with Gasteiger partial charge in [0.2, 0.25) is 5.91 Å². The molecule has 0 unspecified atom stereocenters. The fraction of sp³-hybridized carbons (Fsp3) is 0.250. The van der Waals surface area contributed by atoms with Gasteiger partial charge in [-0.05, 0) is 37.3 Å². The minimum Gasteiger partial charge on any atom is -0.497 e. The van der Waals surface area contributed by atoms with E-state index in [0.29, 0.717) is 17.0 Å². The van der Waals surface area contributed by atoms with E-state index >= 15 is 0 Å². The van der Waals surface area contributed by atoms with Crippen LogP contribution >= 0.6 is 0 Å². The largest absolute Gasteiger partial charge is 0.497 e. The average molecular weight is 331 g/mol. The van der Waals surface area contributed by atoms with Crippen molar-refractivity contribution < 1.29 is 19.1 Å². The number of carbonyl (C=O) groups is 2. The number of hydrogen-bond donors (Lipinski definition) is 1. The maximum absolute atomic E-state index is 12.3. The van der Waals surface area contributed by atoms with Crippen LogP contribution in [0.25, 0.3) is 11.3 Å². The molecule has 2 N–H and O–H groups in total. The number of ether oxygens (including phenoxy) is 2. The van der Waals surface area contributed by atoms with Crippen molar-refractivity contribution in [1.29, 1.82) is 0 Å². The number of hydrogen-bond acceptors (Lipinski definition) is 6. The van der Waals surface area contributed by atoms with E-state index in [9.17, 15) is 14.4 Å². The molecule has 1 amide bonds. The Balaban J connectivity index is 2.57. The molecule has 0 saturated carbocycles. The Morgan fingerprint density at radius 2 is 1.92 bits per heavy atom. The molecule has 0 aliphatic rings. The van der Waals surface area contributed by atoms with Gasteiger partial charge in [-0.1, -0.05) is 0 Å². The van der Waals surface area contributed by atoms with Crippen molar-refractivity contribution in [3.63, 3.8) is 0 Å². The molecule has 2 aromatic rings. The molecule has 1 heterocycles. The predicted molar refractivity (Wildman–Crippen MR) is 85.6 cm³/mol. The molecule has 0 bridgehead atoms. The summed E-state index contributed by atoms with van der Waals surface area (Å²) in [7, 11) is 1.54. The molecule has 0 atom stereocenters. The van der Waals surface area contributed by atoms with Crippen molar-refractivity contribution >= 4 is 11.9 Å². The number of esters is 1. The van der Waals surface area contributed by atoms with Gasteiger partial charge in [-0.25, -0.2) is 9.48 Å². The number of nitrogens with zero attached hydrogens (tertiary/aromatic N) is 2. The molecule has 0 aliphatic carbocycles. The Morgan fingerprint density at radius 1 is 1.25 bits per heavy atom. The highest BCUT2D eigenvalue weighted by Gasteiger charge is 2.18. The molecule has 0 fully saturated rings. The van der Waals surface area contributed by atoms with Gasteiger partial charge >= 0.3 is 5.97 Å². The summed E-state index contributed by atoms with van der Waals surface area (Å²) in [6.07, 6.45) is 0. The van der Waals surface area contributed by atoms with Crippen molar-refractivity contribution in [3.05, 3.63) is 46.2 Å². The first-order chi connectivity index (χ1) is 11.5. The molecular formula is C16H17N3O5. The van der Waals surface area contributed by atoms with Crippen molar-refractivity contribution in [2.45, 2.75) is 13.5 Å². The van der Waals surface area contributed by atoms with Gasteiger partial charge in [0.1, 0.15) is 17.9 Å². The fourth-order valence-electron chi connectivity index (χ4n) is 2.05. The Morgan fingerprint density at radius 3 is 2.46 bits per heavy atom. The lowest BCUT2D eigenvalue weighted by molar-refractivity contribution is -0.118. The first-order valence-corrected chi connectivity index (χ1v) is 7.18. The van der Waals surface area contributed by atoms with Crippen LogP contribution in [0, 0.1) is 0 Å². The lowest BCUT2D eigenvalue weighted by Gasteiger charge is -2.09. The SMILES string of the molecule is CCOC(=O)c1cc(-c2ccc(OC)cc2)nn(CC(N)=O)c1=O. The maximum atomic E-state index is 12.3. The minimum atomic E-state index is -0.780. The summed E-state index contributed by atoms with van der Waals surface area (Å²) in [4.78, 5) is 35.4. The van der Waals surface area contributed by atoms with E-state index in [-0.39, 0.29) is 12.2 Å². The third-order valence-corrected chi connectivity index (χ3v) is 3.16. The van der Waals surface area contributed by atoms with E-state index in [2.05, 4.69) is 5.10 Å². The van der Waals surface area contributed by atoms with E-state index in [1.165, 1.54) is 6.07 Å². The Hall–Kier alpha value is -3.16. The van der Waals surface area contributed by atoms with Crippen LogP contribution in [0.2, 0.25) is 0 Å². The number of nitrogens with two attached hydrogens (primary N) is 1. The molecule has 0 saturated heterocycles. The molecule has 126 valence electrons. The zero-order valence-electron chi connectivity index (χ0n) is 13.3. The summed E-state index contributed by atoms with van der Waals surface area (Å²) in [6.45, 7) is 1.31. The topological polar surface area (TPSA) is 114 Å². The van der Waals surface area contributed by atoms with Gasteiger partial charge in [-0.2, -0.15) is 5.10 Å². The monoisotopic (exact) mass is 331 g/mol. The van der Waals surface area contributed by atoms with Crippen LogP contribution in [0.3, 0.4) is 0 Å². The van der Waals surface area contributed by atoms with Crippen LogP contribution in [-0.4, -0.2) is 35.4 Å². The number of rotatable bonds is 6. The fourth-order valence-corrected chi connectivity index (χ4v) is 2.05. The van der Waals surface area contributed by atoms with E-state index in [0.717, 1.165) is 4.68 Å². The lowest BCUT2D eigenvalue weighted by Crippen LogP contribution is -2.34. The molecular weight excluding hydrogens is 314 g/mol. The van der Waals surface area contributed by atoms with Crippen LogP contribution in [0.5, 0.6) is 5.75 Å². The minimum absolute atomic E-state index is 0.119. The molecule has 2 rings (SSSR count). The summed E-state index contributed by atoms with van der Waals surface area (Å²) in [6, 6.07) is 8.19. The van der Waals surface area contributed by atoms with Gasteiger partial charge < -0.3 is 15.2 Å². The summed E-state index contributed by atoms with van der Waals surface area (Å²) in [5.41, 5.74) is 5.17. The average Bonchev–Trinajstić information content (AvgIpc) is 2.56. The number of carbonyl (C=O) groups excluding carboxylic acids is 2. The zero-order chi connectivity index (χ0) is 17.7. The third-order valence-electron chi connectivity index (χ3n) is 3.16. The normalized spacial score (nSPS) is 10.2. The number of methoxy groups -OCH3 is 1. The van der Waals surface area contributed by atoms with Crippen LogP contribution in [0.4, 0.5) is 0 Å². The van der Waals surface area contributed by atoms with Gasteiger partial charge in [0.25, 0.3) is 5.56 Å². The van der Waals surface area contributed by atoms with Crippen LogP contribution in [0.1, 0.15) is 17.3 Å². The van der Waals surface area contributed by atoms with Crippen LogP contribution < -0.4 is 16.0 Å². The molecule has 0 aliphatic heterocycles. The van der Waals surface area contributed by atoms with Gasteiger partial charge in [-0.15, -0.1) is 0 Å². The summed E-state index contributed by atoms with van der Waals surface area (Å²) >= 11 is 0. The first kappa shape index (κ1) is 17.2. The van der Waals surface area contributed by atoms with Gasteiger partial charge in [0, 0.05) is 5.56 Å². The lowest BCUT2D eigenvalue weighted by atomic mass is 10.1. The third kappa shape index (κ3) is 3.78. The maximum Gasteiger partial charge on any atom is 0.343 e. The van der Waals surface area contributed by atoms with E-state index in [1.54, 1.807) is 38.3 Å². The van der Waals surface area contributed by atoms with Gasteiger partial charge in [-0.3, -0.25) is 9.59 Å². The highest BCUT2D eigenvalue weighted by atomic mass is 16.5. The van der Waals surface area contributed by atoms with Crippen LogP contribution in [0.15, 0.2) is 35.1 Å².